The number of amides is 2. The van der Waals surface area contributed by atoms with Crippen molar-refractivity contribution in [2.75, 3.05) is 37.6 Å². The van der Waals surface area contributed by atoms with Crippen molar-refractivity contribution < 1.29 is 23.9 Å². The number of nitrogens with one attached hydrogen (secondary N) is 2. The van der Waals surface area contributed by atoms with E-state index in [-0.39, 0.29) is 0 Å². The summed E-state index contributed by atoms with van der Waals surface area (Å²) in [6.45, 7) is 0.296. The quantitative estimate of drug-likeness (QED) is 0.608. The molecule has 1 heterocycles. The van der Waals surface area contributed by atoms with E-state index in [4.69, 9.17) is 4.74 Å². The first kappa shape index (κ1) is 18.3. The number of carbonyl (C=O) groups is 3. The fourth-order valence-corrected chi connectivity index (χ4v) is 3.68. The van der Waals surface area contributed by atoms with Gasteiger partial charge in [-0.1, -0.05) is 0 Å². The van der Waals surface area contributed by atoms with Gasteiger partial charge in [0.1, 0.15) is 0 Å². The van der Waals surface area contributed by atoms with Crippen LogP contribution in [-0.4, -0.2) is 55.7 Å². The summed E-state index contributed by atoms with van der Waals surface area (Å²) in [7, 11) is 2.90. The molecule has 1 fully saturated rings. The molecule has 0 aromatic heterocycles. The molecule has 0 aliphatic carbocycles. The molecule has 0 radical (unpaired) electrons. The van der Waals surface area contributed by atoms with Gasteiger partial charge in [-0.2, -0.15) is 11.8 Å². The van der Waals surface area contributed by atoms with Crippen molar-refractivity contribution in [3.63, 3.8) is 0 Å². The van der Waals surface area contributed by atoms with Crippen LogP contribution in [0.5, 0.6) is 0 Å². The Morgan fingerprint density at radius 3 is 2.42 bits per heavy atom. The Balaban J connectivity index is 1.87. The van der Waals surface area contributed by atoms with Gasteiger partial charge in [0.15, 0.2) is 0 Å². The van der Waals surface area contributed by atoms with Gasteiger partial charge < -0.3 is 20.1 Å². The molecule has 0 unspecified atom stereocenters. The van der Waals surface area contributed by atoms with Crippen LogP contribution in [-0.2, 0) is 19.1 Å². The van der Waals surface area contributed by atoms with E-state index in [1.807, 2.05) is 0 Å². The van der Waals surface area contributed by atoms with E-state index in [9.17, 15) is 14.4 Å². The summed E-state index contributed by atoms with van der Waals surface area (Å²) in [6, 6.07) is 6.08. The third kappa shape index (κ3) is 4.48. The largest absolute Gasteiger partial charge is 0.465 e. The van der Waals surface area contributed by atoms with Gasteiger partial charge in [-0.3, -0.25) is 9.59 Å². The summed E-state index contributed by atoms with van der Waals surface area (Å²) in [6.07, 6.45) is 0.838. The van der Waals surface area contributed by atoms with Gasteiger partial charge in [-0.15, -0.1) is 0 Å². The third-order valence-corrected chi connectivity index (χ3v) is 5.06. The monoisotopic (exact) mass is 352 g/mol. The summed E-state index contributed by atoms with van der Waals surface area (Å²) in [5.74, 6) is -0.189. The lowest BCUT2D eigenvalue weighted by Gasteiger charge is -2.26. The molecule has 0 bridgehead atoms. The summed E-state index contributed by atoms with van der Waals surface area (Å²) in [5, 5.41) is 5.09. The minimum atomic E-state index is -0.766. The maximum atomic E-state index is 11.9. The second-order valence-electron chi connectivity index (χ2n) is 5.40. The van der Waals surface area contributed by atoms with Crippen molar-refractivity contribution in [3.8, 4) is 0 Å². The van der Waals surface area contributed by atoms with Crippen LogP contribution in [0.4, 0.5) is 5.69 Å². The Labute approximate surface area is 144 Å². The Kier molecular flexibility index (Phi) is 6.22. The summed E-state index contributed by atoms with van der Waals surface area (Å²) in [5.41, 5.74) is 0.379. The smallest absolute Gasteiger partial charge is 0.337 e. The van der Waals surface area contributed by atoms with E-state index < -0.39 is 23.4 Å². The Morgan fingerprint density at radius 1 is 1.17 bits per heavy atom. The van der Waals surface area contributed by atoms with Crippen molar-refractivity contribution in [3.05, 3.63) is 29.8 Å². The van der Waals surface area contributed by atoms with Gasteiger partial charge >= 0.3 is 17.8 Å². The summed E-state index contributed by atoms with van der Waals surface area (Å²) in [4.78, 5) is 35.2. The van der Waals surface area contributed by atoms with Crippen LogP contribution in [0.25, 0.3) is 0 Å². The lowest BCUT2D eigenvalue weighted by atomic mass is 10.0. The molecule has 24 heavy (non-hydrogen) atoms. The Bertz CT molecular complexity index is 611. The molecule has 1 aromatic carbocycles. The van der Waals surface area contributed by atoms with Crippen LogP contribution in [0.15, 0.2) is 24.3 Å². The molecule has 2 rings (SSSR count). The van der Waals surface area contributed by atoms with E-state index in [1.54, 1.807) is 18.9 Å². The minimum Gasteiger partial charge on any atom is -0.465 e. The van der Waals surface area contributed by atoms with E-state index in [1.165, 1.54) is 31.4 Å². The summed E-state index contributed by atoms with van der Waals surface area (Å²) >= 11 is 1.76. The zero-order valence-electron chi connectivity index (χ0n) is 13.6. The fraction of sp³-hybridized carbons (Fsp3) is 0.438. The van der Waals surface area contributed by atoms with Crippen LogP contribution in [0.1, 0.15) is 16.8 Å². The molecule has 1 aliphatic heterocycles. The zero-order chi connectivity index (χ0) is 17.6. The zero-order valence-corrected chi connectivity index (χ0v) is 14.4. The topological polar surface area (TPSA) is 93.7 Å². The van der Waals surface area contributed by atoms with Crippen LogP contribution < -0.4 is 10.6 Å². The van der Waals surface area contributed by atoms with Crippen molar-refractivity contribution in [2.45, 2.75) is 12.0 Å². The molecule has 1 aromatic rings. The average Bonchev–Trinajstić information content (AvgIpc) is 3.09. The van der Waals surface area contributed by atoms with Crippen molar-refractivity contribution in [2.24, 2.45) is 0 Å². The molecule has 2 amide bonds. The molecule has 0 saturated carbocycles. The Morgan fingerprint density at radius 2 is 1.88 bits per heavy atom. The van der Waals surface area contributed by atoms with E-state index in [2.05, 4.69) is 15.4 Å². The highest BCUT2D eigenvalue weighted by molar-refractivity contribution is 7.99. The lowest BCUT2D eigenvalue weighted by molar-refractivity contribution is -0.136. The third-order valence-electron chi connectivity index (χ3n) is 3.84. The molecule has 1 atom stereocenters. The normalized spacial score (nSPS) is 19.6. The number of hydrogen-bond donors (Lipinski definition) is 2. The van der Waals surface area contributed by atoms with Crippen LogP contribution >= 0.6 is 11.8 Å². The Hall–Kier alpha value is -2.06. The van der Waals surface area contributed by atoms with Crippen molar-refractivity contribution in [1.82, 2.24) is 5.32 Å². The number of anilines is 1. The van der Waals surface area contributed by atoms with E-state index >= 15 is 0 Å². The number of thioether (sulfide) groups is 1. The second kappa shape index (κ2) is 8.16. The molecule has 8 heteroatoms. The average molecular weight is 352 g/mol. The SMILES string of the molecule is COC(=O)c1ccc(NC(=O)C(=O)NC[C@]2(OC)CCSC2)cc1. The number of carbonyl (C=O) groups excluding carboxylic acids is 3. The number of esters is 1. The molecule has 2 N–H and O–H groups in total. The molecular weight excluding hydrogens is 332 g/mol. The van der Waals surface area contributed by atoms with Gasteiger partial charge in [0.05, 0.1) is 18.3 Å². The molecular formula is C16H20N2O5S. The van der Waals surface area contributed by atoms with Crippen LogP contribution in [0.2, 0.25) is 0 Å². The first-order chi connectivity index (χ1) is 11.5. The minimum absolute atomic E-state index is 0.296. The maximum Gasteiger partial charge on any atom is 0.337 e. The molecule has 1 aliphatic rings. The van der Waals surface area contributed by atoms with Gasteiger partial charge in [-0.05, 0) is 36.4 Å². The number of benzene rings is 1. The van der Waals surface area contributed by atoms with Crippen LogP contribution in [0.3, 0.4) is 0 Å². The molecule has 0 spiro atoms. The predicted molar refractivity (Wildman–Crippen MR) is 91.1 cm³/mol. The molecule has 130 valence electrons. The van der Waals surface area contributed by atoms with E-state index in [0.717, 1.165) is 17.9 Å². The van der Waals surface area contributed by atoms with Gasteiger partial charge in [0, 0.05) is 25.1 Å². The van der Waals surface area contributed by atoms with Gasteiger partial charge in [-0.25, -0.2) is 4.79 Å². The highest BCUT2D eigenvalue weighted by Crippen LogP contribution is 2.30. The number of methoxy groups -OCH3 is 2. The predicted octanol–water partition coefficient (Wildman–Crippen LogP) is 1.05. The van der Waals surface area contributed by atoms with Gasteiger partial charge in [0.25, 0.3) is 0 Å². The highest BCUT2D eigenvalue weighted by Gasteiger charge is 2.35. The van der Waals surface area contributed by atoms with Crippen molar-refractivity contribution >= 4 is 35.2 Å². The van der Waals surface area contributed by atoms with E-state index in [0.29, 0.717) is 17.8 Å². The molecule has 1 saturated heterocycles. The number of hydrogen-bond acceptors (Lipinski definition) is 6. The first-order valence-corrected chi connectivity index (χ1v) is 8.55. The maximum absolute atomic E-state index is 11.9. The fourth-order valence-electron chi connectivity index (χ4n) is 2.28. The number of ether oxygens (including phenoxy) is 2. The summed E-state index contributed by atoms with van der Waals surface area (Å²) < 4.78 is 10.1. The lowest BCUT2D eigenvalue weighted by Crippen LogP contribution is -2.47. The van der Waals surface area contributed by atoms with Crippen molar-refractivity contribution in [1.29, 1.82) is 0 Å². The van der Waals surface area contributed by atoms with Crippen LogP contribution in [0, 0.1) is 0 Å². The standard InChI is InChI=1S/C16H20N2O5S/c1-22-15(21)11-3-5-12(6-4-11)18-14(20)13(19)17-9-16(23-2)7-8-24-10-16/h3-6H,7-10H2,1-2H3,(H,17,19)(H,18,20)/t16-/m1/s1. The highest BCUT2D eigenvalue weighted by atomic mass is 32.2. The number of rotatable bonds is 5. The second-order valence-corrected chi connectivity index (χ2v) is 6.50. The first-order valence-electron chi connectivity index (χ1n) is 7.40. The molecule has 7 nitrogen and oxygen atoms in total. The van der Waals surface area contributed by atoms with Gasteiger partial charge in [0.2, 0.25) is 0 Å².